The molecule has 9 heteroatoms. The van der Waals surface area contributed by atoms with E-state index in [1.165, 1.54) is 12.1 Å². The predicted molar refractivity (Wildman–Crippen MR) is 114 cm³/mol. The van der Waals surface area contributed by atoms with Gasteiger partial charge in [0.1, 0.15) is 0 Å². The van der Waals surface area contributed by atoms with Gasteiger partial charge in [-0.1, -0.05) is 47.6 Å². The first-order valence-electron chi connectivity index (χ1n) is 10.9. The van der Waals surface area contributed by atoms with Gasteiger partial charge in [0, 0.05) is 31.7 Å². The average molecular weight is 456 g/mol. The van der Waals surface area contributed by atoms with Crippen LogP contribution in [0.2, 0.25) is 0 Å². The van der Waals surface area contributed by atoms with Gasteiger partial charge in [0.15, 0.2) is 0 Å². The molecule has 1 saturated carbocycles. The van der Waals surface area contributed by atoms with Gasteiger partial charge in [0.05, 0.1) is 17.5 Å². The van der Waals surface area contributed by atoms with Crippen LogP contribution in [0.25, 0.3) is 11.4 Å². The minimum absolute atomic E-state index is 0.128. The van der Waals surface area contributed by atoms with Gasteiger partial charge in [-0.15, -0.1) is 0 Å². The van der Waals surface area contributed by atoms with Gasteiger partial charge < -0.3 is 9.42 Å². The first-order valence-corrected chi connectivity index (χ1v) is 10.9. The van der Waals surface area contributed by atoms with Gasteiger partial charge in [-0.25, -0.2) is 0 Å². The largest absolute Gasteiger partial charge is 0.416 e. The van der Waals surface area contributed by atoms with Gasteiger partial charge in [0.2, 0.25) is 17.6 Å². The maximum absolute atomic E-state index is 13.2. The van der Waals surface area contributed by atoms with Crippen molar-refractivity contribution in [3.05, 3.63) is 71.6 Å². The van der Waals surface area contributed by atoms with Crippen molar-refractivity contribution in [2.75, 3.05) is 26.2 Å². The lowest BCUT2D eigenvalue weighted by atomic mass is 9.94. The molecule has 5 rings (SSSR count). The monoisotopic (exact) mass is 456 g/mol. The number of halogens is 3. The van der Waals surface area contributed by atoms with E-state index < -0.39 is 11.7 Å². The number of benzene rings is 2. The summed E-state index contributed by atoms with van der Waals surface area (Å²) in [6, 6.07) is 14.8. The molecule has 2 heterocycles. The van der Waals surface area contributed by atoms with E-state index in [0.717, 1.165) is 30.5 Å². The Hall–Kier alpha value is -3.20. The Bertz CT molecular complexity index is 1130. The average Bonchev–Trinajstić information content (AvgIpc) is 3.51. The van der Waals surface area contributed by atoms with Crippen molar-refractivity contribution in [3.63, 3.8) is 0 Å². The van der Waals surface area contributed by atoms with Crippen molar-refractivity contribution in [2.45, 2.75) is 31.0 Å². The summed E-state index contributed by atoms with van der Waals surface area (Å²) >= 11 is 0. The lowest BCUT2D eigenvalue weighted by Gasteiger charge is -2.36. The number of piperazine rings is 1. The fraction of sp³-hybridized carbons (Fsp3) is 0.375. The predicted octanol–water partition coefficient (Wildman–Crippen LogP) is 4.13. The van der Waals surface area contributed by atoms with E-state index in [1.54, 1.807) is 0 Å². The van der Waals surface area contributed by atoms with Gasteiger partial charge in [-0.3, -0.25) is 9.69 Å². The molecular weight excluding hydrogens is 433 g/mol. The molecule has 2 fully saturated rings. The van der Waals surface area contributed by atoms with Crippen LogP contribution in [0.4, 0.5) is 13.2 Å². The highest BCUT2D eigenvalue weighted by Crippen LogP contribution is 2.49. The first-order chi connectivity index (χ1) is 15.8. The van der Waals surface area contributed by atoms with Crippen molar-refractivity contribution in [2.24, 2.45) is 0 Å². The Balaban J connectivity index is 1.19. The standard InChI is InChI=1S/C24H23F3N4O2/c25-24(26,27)19-8-4-5-17(15-19)21-28-20(33-29-21)16-30-11-13-31(14-12-30)22(32)23(9-10-23)18-6-2-1-3-7-18/h1-8,15H,9-14,16H2. The summed E-state index contributed by atoms with van der Waals surface area (Å²) in [4.78, 5) is 21.5. The zero-order valence-corrected chi connectivity index (χ0v) is 17.9. The minimum Gasteiger partial charge on any atom is -0.339 e. The van der Waals surface area contributed by atoms with E-state index >= 15 is 0 Å². The van der Waals surface area contributed by atoms with Crippen molar-refractivity contribution in [1.82, 2.24) is 19.9 Å². The Morgan fingerprint density at radius 2 is 1.73 bits per heavy atom. The summed E-state index contributed by atoms with van der Waals surface area (Å²) in [5, 5.41) is 3.85. The second-order valence-corrected chi connectivity index (χ2v) is 8.61. The molecule has 2 aromatic carbocycles. The number of nitrogens with zero attached hydrogens (tertiary/aromatic N) is 4. The Kier molecular flexibility index (Phi) is 5.44. The molecule has 1 saturated heterocycles. The van der Waals surface area contributed by atoms with Crippen molar-refractivity contribution in [3.8, 4) is 11.4 Å². The summed E-state index contributed by atoms with van der Waals surface area (Å²) in [6.45, 7) is 2.94. The molecule has 2 aliphatic rings. The number of alkyl halides is 3. The van der Waals surface area contributed by atoms with E-state index in [4.69, 9.17) is 4.52 Å². The third kappa shape index (κ3) is 4.37. The maximum Gasteiger partial charge on any atom is 0.416 e. The van der Waals surface area contributed by atoms with Crippen molar-refractivity contribution < 1.29 is 22.5 Å². The van der Waals surface area contributed by atoms with Crippen LogP contribution in [0, 0.1) is 0 Å². The van der Waals surface area contributed by atoms with Crippen molar-refractivity contribution >= 4 is 5.91 Å². The molecule has 0 spiro atoms. The number of hydrogen-bond acceptors (Lipinski definition) is 5. The summed E-state index contributed by atoms with van der Waals surface area (Å²) in [6.07, 6.45) is -2.66. The zero-order valence-electron chi connectivity index (χ0n) is 17.9. The third-order valence-corrected chi connectivity index (χ3v) is 6.42. The van der Waals surface area contributed by atoms with Crippen LogP contribution in [0.3, 0.4) is 0 Å². The SMILES string of the molecule is O=C(N1CCN(Cc2nc(-c3cccc(C(F)(F)F)c3)no2)CC1)C1(c2ccccc2)CC1. The van der Waals surface area contributed by atoms with Crippen molar-refractivity contribution in [1.29, 1.82) is 0 Å². The molecule has 0 unspecified atom stereocenters. The van der Waals surface area contributed by atoms with Crippen LogP contribution in [0.5, 0.6) is 0 Å². The number of carbonyl (C=O) groups excluding carboxylic acids is 1. The summed E-state index contributed by atoms with van der Waals surface area (Å²) < 4.78 is 44.2. The lowest BCUT2D eigenvalue weighted by molar-refractivity contribution is -0.137. The third-order valence-electron chi connectivity index (χ3n) is 6.42. The number of amides is 1. The van der Waals surface area contributed by atoms with Crippen LogP contribution >= 0.6 is 0 Å². The Morgan fingerprint density at radius 1 is 1.00 bits per heavy atom. The molecule has 33 heavy (non-hydrogen) atoms. The quantitative estimate of drug-likeness (QED) is 0.578. The Labute approximate surface area is 189 Å². The van der Waals surface area contributed by atoms with Gasteiger partial charge in [0.25, 0.3) is 0 Å². The molecule has 6 nitrogen and oxygen atoms in total. The lowest BCUT2D eigenvalue weighted by Crippen LogP contribution is -2.51. The second-order valence-electron chi connectivity index (χ2n) is 8.61. The molecule has 0 atom stereocenters. The van der Waals surface area contributed by atoms with E-state index in [1.807, 2.05) is 35.2 Å². The zero-order chi connectivity index (χ0) is 23.1. The maximum atomic E-state index is 13.2. The van der Waals surface area contributed by atoms with Crippen LogP contribution in [-0.2, 0) is 22.9 Å². The minimum atomic E-state index is -4.43. The van der Waals surface area contributed by atoms with Gasteiger partial charge >= 0.3 is 6.18 Å². The summed E-state index contributed by atoms with van der Waals surface area (Å²) in [5.41, 5.74) is 0.225. The Morgan fingerprint density at radius 3 is 2.39 bits per heavy atom. The van der Waals surface area contributed by atoms with E-state index in [9.17, 15) is 18.0 Å². The molecule has 0 radical (unpaired) electrons. The summed E-state index contributed by atoms with van der Waals surface area (Å²) in [7, 11) is 0. The van der Waals surface area contributed by atoms with Gasteiger partial charge in [-0.2, -0.15) is 18.2 Å². The van der Waals surface area contributed by atoms with E-state index in [2.05, 4.69) is 15.0 Å². The highest BCUT2D eigenvalue weighted by Gasteiger charge is 2.53. The van der Waals surface area contributed by atoms with Crippen LogP contribution in [0.15, 0.2) is 59.1 Å². The number of rotatable bonds is 5. The highest BCUT2D eigenvalue weighted by molar-refractivity contribution is 5.91. The molecule has 1 amide bonds. The van der Waals surface area contributed by atoms with E-state index in [0.29, 0.717) is 38.6 Å². The summed E-state index contributed by atoms with van der Waals surface area (Å²) in [5.74, 6) is 0.659. The molecule has 1 aliphatic carbocycles. The topological polar surface area (TPSA) is 62.5 Å². The first kappa shape index (κ1) is 21.6. The molecule has 3 aromatic rings. The normalized spacial score (nSPS) is 18.3. The van der Waals surface area contributed by atoms with Crippen LogP contribution in [0.1, 0.15) is 29.9 Å². The number of aromatic nitrogens is 2. The number of carbonyl (C=O) groups is 1. The van der Waals surface area contributed by atoms with Gasteiger partial charge in [-0.05, 0) is 30.5 Å². The van der Waals surface area contributed by atoms with Crippen LogP contribution < -0.4 is 0 Å². The molecule has 0 N–H and O–H groups in total. The van der Waals surface area contributed by atoms with Crippen LogP contribution in [-0.4, -0.2) is 52.0 Å². The molecule has 1 aromatic heterocycles. The molecular formula is C24H23F3N4O2. The second kappa shape index (κ2) is 8.30. The molecule has 1 aliphatic heterocycles. The smallest absolute Gasteiger partial charge is 0.339 e. The molecule has 172 valence electrons. The fourth-order valence-corrected chi connectivity index (χ4v) is 4.38. The number of hydrogen-bond donors (Lipinski definition) is 0. The fourth-order valence-electron chi connectivity index (χ4n) is 4.38. The van der Waals surface area contributed by atoms with E-state index in [-0.39, 0.29) is 22.7 Å². The highest BCUT2D eigenvalue weighted by atomic mass is 19.4. The molecule has 0 bridgehead atoms.